The molecule has 1 aromatic heterocycles. The number of H-pyrrole nitrogens is 1. The van der Waals surface area contributed by atoms with E-state index >= 15 is 0 Å². The number of aliphatic hydroxyl groups excluding tert-OH is 1. The van der Waals surface area contributed by atoms with Crippen molar-refractivity contribution in [3.8, 4) is 0 Å². The van der Waals surface area contributed by atoms with Crippen LogP contribution in [0.25, 0.3) is 10.9 Å². The van der Waals surface area contributed by atoms with Gasteiger partial charge >= 0.3 is 5.97 Å². The van der Waals surface area contributed by atoms with Crippen molar-refractivity contribution in [1.29, 1.82) is 0 Å². The number of aliphatic carboxylic acids is 1. The molecule has 2 aromatic rings. The van der Waals surface area contributed by atoms with E-state index in [1.807, 2.05) is 0 Å². The number of carbonyl (C=O) groups excluding carboxylic acids is 1. The van der Waals surface area contributed by atoms with Crippen LogP contribution in [-0.2, 0) is 4.79 Å². The van der Waals surface area contributed by atoms with Gasteiger partial charge in [0.2, 0.25) is 5.43 Å². The molecule has 2 rings (SSSR count). The van der Waals surface area contributed by atoms with Gasteiger partial charge in [0.25, 0.3) is 5.91 Å². The van der Waals surface area contributed by atoms with Gasteiger partial charge in [0, 0.05) is 17.1 Å². The van der Waals surface area contributed by atoms with E-state index in [9.17, 15) is 19.5 Å². The number of para-hydroxylation sites is 1. The van der Waals surface area contributed by atoms with Crippen LogP contribution in [0.15, 0.2) is 35.3 Å². The molecule has 4 N–H and O–H groups in total. The quantitative estimate of drug-likeness (QED) is 0.636. The van der Waals surface area contributed by atoms with Gasteiger partial charge in [-0.25, -0.2) is 4.79 Å². The molecule has 1 aromatic carbocycles. The highest BCUT2D eigenvalue weighted by atomic mass is 16.4. The summed E-state index contributed by atoms with van der Waals surface area (Å²) in [5, 5.41) is 20.7. The van der Waals surface area contributed by atoms with Gasteiger partial charge in [-0.3, -0.25) is 9.59 Å². The SMILES string of the molecule is C[C@@H](O)[C@H](NC(=O)c1c[nH]c2ccccc2c1=O)C(=O)O. The zero-order valence-corrected chi connectivity index (χ0v) is 11.2. The van der Waals surface area contributed by atoms with Crippen molar-refractivity contribution in [3.63, 3.8) is 0 Å². The number of fused-ring (bicyclic) bond motifs is 1. The van der Waals surface area contributed by atoms with E-state index < -0.39 is 29.5 Å². The minimum absolute atomic E-state index is 0.208. The number of carboxylic acid groups (broad SMARTS) is 1. The first-order valence-corrected chi connectivity index (χ1v) is 6.24. The summed E-state index contributed by atoms with van der Waals surface area (Å²) in [6, 6.07) is 5.17. The van der Waals surface area contributed by atoms with Gasteiger partial charge in [-0.2, -0.15) is 0 Å². The van der Waals surface area contributed by atoms with Gasteiger partial charge in [0.05, 0.1) is 6.10 Å². The van der Waals surface area contributed by atoms with E-state index in [2.05, 4.69) is 10.3 Å². The molecule has 0 spiro atoms. The average Bonchev–Trinajstić information content (AvgIpc) is 2.44. The molecule has 0 aliphatic heterocycles. The van der Waals surface area contributed by atoms with E-state index in [0.29, 0.717) is 10.9 Å². The Labute approximate surface area is 119 Å². The summed E-state index contributed by atoms with van der Waals surface area (Å²) in [4.78, 5) is 38.0. The number of rotatable bonds is 4. The van der Waals surface area contributed by atoms with Gasteiger partial charge < -0.3 is 20.5 Å². The first-order chi connectivity index (χ1) is 9.91. The summed E-state index contributed by atoms with van der Waals surface area (Å²) >= 11 is 0. The number of amides is 1. The predicted molar refractivity (Wildman–Crippen MR) is 75.1 cm³/mol. The Morgan fingerprint density at radius 3 is 2.57 bits per heavy atom. The number of aromatic nitrogens is 1. The third kappa shape index (κ3) is 2.92. The van der Waals surface area contributed by atoms with Gasteiger partial charge in [0.15, 0.2) is 6.04 Å². The molecular weight excluding hydrogens is 276 g/mol. The normalized spacial score (nSPS) is 13.6. The molecule has 0 unspecified atom stereocenters. The van der Waals surface area contributed by atoms with Gasteiger partial charge in [-0.15, -0.1) is 0 Å². The predicted octanol–water partition coefficient (Wildman–Crippen LogP) is 0.0919. The largest absolute Gasteiger partial charge is 0.480 e. The molecule has 110 valence electrons. The zero-order valence-electron chi connectivity index (χ0n) is 11.2. The molecule has 0 aliphatic carbocycles. The number of nitrogens with one attached hydrogen (secondary N) is 2. The molecular formula is C14H14N2O5. The number of benzene rings is 1. The maximum atomic E-state index is 12.2. The molecule has 21 heavy (non-hydrogen) atoms. The molecule has 0 bridgehead atoms. The second-order valence-corrected chi connectivity index (χ2v) is 4.61. The maximum Gasteiger partial charge on any atom is 0.328 e. The number of aromatic amines is 1. The Kier molecular flexibility index (Phi) is 4.04. The minimum atomic E-state index is -1.48. The zero-order chi connectivity index (χ0) is 15.6. The summed E-state index contributed by atoms with van der Waals surface area (Å²) in [5.74, 6) is -2.23. The first kappa shape index (κ1) is 14.7. The van der Waals surface area contributed by atoms with Crippen LogP contribution < -0.4 is 10.7 Å². The summed E-state index contributed by atoms with van der Waals surface area (Å²) in [5.41, 5.74) is -0.137. The molecule has 0 saturated carbocycles. The molecule has 0 aliphatic rings. The minimum Gasteiger partial charge on any atom is -0.480 e. The molecule has 2 atom stereocenters. The summed E-state index contributed by atoms with van der Waals surface area (Å²) in [7, 11) is 0. The molecule has 7 nitrogen and oxygen atoms in total. The molecule has 0 saturated heterocycles. The highest BCUT2D eigenvalue weighted by Gasteiger charge is 2.26. The molecule has 1 amide bonds. The Bertz CT molecular complexity index is 750. The molecule has 1 heterocycles. The smallest absolute Gasteiger partial charge is 0.328 e. The molecule has 0 fully saturated rings. The highest BCUT2D eigenvalue weighted by molar-refractivity contribution is 5.99. The Morgan fingerprint density at radius 1 is 1.29 bits per heavy atom. The van der Waals surface area contributed by atoms with Crippen molar-refractivity contribution < 1.29 is 19.8 Å². The Morgan fingerprint density at radius 2 is 1.95 bits per heavy atom. The number of carbonyl (C=O) groups is 2. The van der Waals surface area contributed by atoms with Crippen LogP contribution in [0.1, 0.15) is 17.3 Å². The van der Waals surface area contributed by atoms with E-state index in [1.54, 1.807) is 24.3 Å². The number of hydrogen-bond acceptors (Lipinski definition) is 4. The third-order valence-corrected chi connectivity index (χ3v) is 3.07. The van der Waals surface area contributed by atoms with Crippen LogP contribution in [0.5, 0.6) is 0 Å². The van der Waals surface area contributed by atoms with Crippen LogP contribution >= 0.6 is 0 Å². The maximum absolute atomic E-state index is 12.2. The lowest BCUT2D eigenvalue weighted by molar-refractivity contribution is -0.141. The summed E-state index contributed by atoms with van der Waals surface area (Å²) < 4.78 is 0. The van der Waals surface area contributed by atoms with Crippen molar-refractivity contribution in [2.45, 2.75) is 19.1 Å². The Balaban J connectivity index is 2.38. The van der Waals surface area contributed by atoms with Crippen LogP contribution in [0, 0.1) is 0 Å². The van der Waals surface area contributed by atoms with Crippen molar-refractivity contribution in [2.24, 2.45) is 0 Å². The van der Waals surface area contributed by atoms with Gasteiger partial charge in [-0.05, 0) is 19.1 Å². The fourth-order valence-corrected chi connectivity index (χ4v) is 1.94. The van der Waals surface area contributed by atoms with E-state index in [-0.39, 0.29) is 5.56 Å². The topological polar surface area (TPSA) is 119 Å². The second kappa shape index (κ2) is 5.76. The number of hydrogen-bond donors (Lipinski definition) is 4. The van der Waals surface area contributed by atoms with Crippen LogP contribution in [-0.4, -0.2) is 39.2 Å². The molecule has 7 heteroatoms. The summed E-state index contributed by atoms with van der Waals surface area (Å²) in [6.45, 7) is 1.24. The lowest BCUT2D eigenvalue weighted by atomic mass is 10.1. The monoisotopic (exact) mass is 290 g/mol. The second-order valence-electron chi connectivity index (χ2n) is 4.61. The number of pyridine rings is 1. The average molecular weight is 290 g/mol. The third-order valence-electron chi connectivity index (χ3n) is 3.07. The standard InChI is InChI=1S/C14H14N2O5/c1-7(17)11(14(20)21)16-13(19)9-6-15-10-5-3-2-4-8(10)12(9)18/h2-7,11,17H,1H3,(H,15,18)(H,16,19)(H,20,21)/t7-,11+/m1/s1. The van der Waals surface area contributed by atoms with Crippen molar-refractivity contribution in [1.82, 2.24) is 10.3 Å². The van der Waals surface area contributed by atoms with Crippen LogP contribution in [0.2, 0.25) is 0 Å². The van der Waals surface area contributed by atoms with E-state index in [4.69, 9.17) is 5.11 Å². The van der Waals surface area contributed by atoms with Crippen LogP contribution in [0.3, 0.4) is 0 Å². The van der Waals surface area contributed by atoms with Gasteiger partial charge in [-0.1, -0.05) is 12.1 Å². The van der Waals surface area contributed by atoms with Crippen molar-refractivity contribution >= 4 is 22.8 Å². The number of carboxylic acids is 1. The Hall–Kier alpha value is -2.67. The lowest BCUT2D eigenvalue weighted by Gasteiger charge is -2.16. The van der Waals surface area contributed by atoms with Crippen molar-refractivity contribution in [2.75, 3.05) is 0 Å². The fourth-order valence-electron chi connectivity index (χ4n) is 1.94. The van der Waals surface area contributed by atoms with E-state index in [0.717, 1.165) is 0 Å². The van der Waals surface area contributed by atoms with Gasteiger partial charge in [0.1, 0.15) is 5.56 Å². The first-order valence-electron chi connectivity index (χ1n) is 6.24. The highest BCUT2D eigenvalue weighted by Crippen LogP contribution is 2.07. The van der Waals surface area contributed by atoms with Crippen LogP contribution in [0.4, 0.5) is 0 Å². The fraction of sp³-hybridized carbons (Fsp3) is 0.214. The van der Waals surface area contributed by atoms with Crippen molar-refractivity contribution in [3.05, 3.63) is 46.2 Å². The summed E-state index contributed by atoms with van der Waals surface area (Å²) in [6.07, 6.45) is -0.0630. The lowest BCUT2D eigenvalue weighted by Crippen LogP contribution is -2.48. The number of aliphatic hydroxyl groups is 1. The molecule has 0 radical (unpaired) electrons. The van der Waals surface area contributed by atoms with E-state index in [1.165, 1.54) is 13.1 Å².